The summed E-state index contributed by atoms with van der Waals surface area (Å²) in [4.78, 5) is 26.9. The Hall–Kier alpha value is -2.49. The van der Waals surface area contributed by atoms with Crippen LogP contribution in [0.5, 0.6) is 5.75 Å². The fraction of sp³-hybridized carbons (Fsp3) is 0.333. The summed E-state index contributed by atoms with van der Waals surface area (Å²) in [6, 6.07) is 10.4. The van der Waals surface area contributed by atoms with Crippen molar-refractivity contribution in [2.75, 3.05) is 31.3 Å². The first-order chi connectivity index (χ1) is 15.0. The molecule has 8 nitrogen and oxygen atoms in total. The van der Waals surface area contributed by atoms with Gasteiger partial charge in [0.2, 0.25) is 21.8 Å². The Labute approximate surface area is 198 Å². The minimum atomic E-state index is -3.90. The molecule has 0 heterocycles. The molecule has 2 aromatic carbocycles. The number of nitrogens with zero attached hydrogens (tertiary/aromatic N) is 2. The Bertz CT molecular complexity index is 1080. The van der Waals surface area contributed by atoms with Crippen LogP contribution in [0.4, 0.5) is 5.69 Å². The van der Waals surface area contributed by atoms with E-state index in [0.717, 1.165) is 16.1 Å². The molecule has 11 heteroatoms. The van der Waals surface area contributed by atoms with Gasteiger partial charge in [0.05, 0.1) is 19.1 Å². The van der Waals surface area contributed by atoms with Crippen LogP contribution in [-0.2, 0) is 26.2 Å². The van der Waals surface area contributed by atoms with E-state index in [2.05, 4.69) is 5.32 Å². The number of halogens is 2. The van der Waals surface area contributed by atoms with Crippen LogP contribution in [0.15, 0.2) is 42.5 Å². The number of carbonyl (C=O) groups excluding carboxylic acids is 2. The molecule has 174 valence electrons. The number of nitrogens with one attached hydrogen (secondary N) is 1. The highest BCUT2D eigenvalue weighted by Gasteiger charge is 2.31. The molecular formula is C21H25Cl2N3O5S. The first-order valence-electron chi connectivity index (χ1n) is 9.54. The second-order valence-electron chi connectivity index (χ2n) is 7.02. The van der Waals surface area contributed by atoms with E-state index in [1.807, 2.05) is 0 Å². The predicted octanol–water partition coefficient (Wildman–Crippen LogP) is 2.93. The van der Waals surface area contributed by atoms with Crippen molar-refractivity contribution in [3.05, 3.63) is 58.1 Å². The monoisotopic (exact) mass is 501 g/mol. The van der Waals surface area contributed by atoms with Crippen LogP contribution in [0.25, 0.3) is 0 Å². The molecule has 0 aliphatic heterocycles. The molecule has 2 amide bonds. The van der Waals surface area contributed by atoms with Crippen molar-refractivity contribution in [3.63, 3.8) is 0 Å². The lowest BCUT2D eigenvalue weighted by molar-refractivity contribution is -0.139. The summed E-state index contributed by atoms with van der Waals surface area (Å²) in [5.41, 5.74) is 0.847. The van der Waals surface area contributed by atoms with E-state index < -0.39 is 34.4 Å². The van der Waals surface area contributed by atoms with Gasteiger partial charge in [-0.05, 0) is 42.8 Å². The molecule has 0 aromatic heterocycles. The molecule has 0 aliphatic carbocycles. The maximum Gasteiger partial charge on any atom is 0.244 e. The molecule has 0 fully saturated rings. The van der Waals surface area contributed by atoms with Crippen LogP contribution in [0.1, 0.15) is 12.5 Å². The highest BCUT2D eigenvalue weighted by Crippen LogP contribution is 2.33. The Morgan fingerprint density at radius 1 is 1.09 bits per heavy atom. The second-order valence-corrected chi connectivity index (χ2v) is 9.80. The maximum absolute atomic E-state index is 13.3. The largest absolute Gasteiger partial charge is 0.495 e. The summed E-state index contributed by atoms with van der Waals surface area (Å²) in [6.07, 6.45) is 0.979. The molecule has 0 radical (unpaired) electrons. The third-order valence-corrected chi connectivity index (χ3v) is 6.38. The topological polar surface area (TPSA) is 96.0 Å². The van der Waals surface area contributed by atoms with E-state index in [1.165, 1.54) is 31.2 Å². The van der Waals surface area contributed by atoms with Crippen molar-refractivity contribution in [1.82, 2.24) is 10.2 Å². The first-order valence-corrected chi connectivity index (χ1v) is 12.1. The Balaban J connectivity index is 2.44. The minimum absolute atomic E-state index is 0.0782. The van der Waals surface area contributed by atoms with E-state index in [1.54, 1.807) is 37.3 Å². The van der Waals surface area contributed by atoms with Crippen LogP contribution in [0.3, 0.4) is 0 Å². The average molecular weight is 502 g/mol. The molecule has 32 heavy (non-hydrogen) atoms. The number of ether oxygens (including phenoxy) is 1. The Kier molecular flexibility index (Phi) is 8.77. The van der Waals surface area contributed by atoms with E-state index in [0.29, 0.717) is 5.02 Å². The first kappa shape index (κ1) is 25.8. The fourth-order valence-electron chi connectivity index (χ4n) is 3.03. The van der Waals surface area contributed by atoms with Gasteiger partial charge in [0.25, 0.3) is 0 Å². The van der Waals surface area contributed by atoms with Crippen molar-refractivity contribution < 1.29 is 22.7 Å². The number of methoxy groups -OCH3 is 1. The summed E-state index contributed by atoms with van der Waals surface area (Å²) in [5, 5.41) is 3.32. The van der Waals surface area contributed by atoms with Crippen molar-refractivity contribution >= 4 is 50.7 Å². The molecule has 2 rings (SSSR count). The smallest absolute Gasteiger partial charge is 0.244 e. The maximum atomic E-state index is 13.3. The average Bonchev–Trinajstić information content (AvgIpc) is 2.75. The molecule has 1 atom stereocenters. The molecular weight excluding hydrogens is 477 g/mol. The van der Waals surface area contributed by atoms with E-state index in [4.69, 9.17) is 27.9 Å². The number of rotatable bonds is 9. The number of carbonyl (C=O) groups is 2. The predicted molar refractivity (Wildman–Crippen MR) is 126 cm³/mol. The lowest BCUT2D eigenvalue weighted by Gasteiger charge is -2.31. The summed E-state index contributed by atoms with van der Waals surface area (Å²) < 4.78 is 31.3. The molecule has 1 N–H and O–H groups in total. The minimum Gasteiger partial charge on any atom is -0.495 e. The van der Waals surface area contributed by atoms with Gasteiger partial charge in [-0.3, -0.25) is 13.9 Å². The van der Waals surface area contributed by atoms with Crippen molar-refractivity contribution in [3.8, 4) is 5.75 Å². The molecule has 2 aromatic rings. The fourth-order valence-corrected chi connectivity index (χ4v) is 4.17. The highest BCUT2D eigenvalue weighted by atomic mass is 35.5. The van der Waals surface area contributed by atoms with E-state index in [-0.39, 0.29) is 23.0 Å². The number of anilines is 1. The van der Waals surface area contributed by atoms with Crippen molar-refractivity contribution in [2.45, 2.75) is 19.5 Å². The van der Waals surface area contributed by atoms with Gasteiger partial charge >= 0.3 is 0 Å². The van der Waals surface area contributed by atoms with Crippen molar-refractivity contribution in [2.24, 2.45) is 0 Å². The molecule has 1 unspecified atom stereocenters. The quantitative estimate of drug-likeness (QED) is 0.569. The van der Waals surface area contributed by atoms with Crippen molar-refractivity contribution in [1.29, 1.82) is 0 Å². The SMILES string of the molecule is CNC(=O)C(C)N(Cc1ccc(Cl)cc1)C(=O)CN(c1cc(Cl)ccc1OC)S(C)(=O)=O. The van der Waals surface area contributed by atoms with Gasteiger partial charge in [-0.25, -0.2) is 8.42 Å². The lowest BCUT2D eigenvalue weighted by Crippen LogP contribution is -2.50. The Morgan fingerprint density at radius 2 is 1.69 bits per heavy atom. The van der Waals surface area contributed by atoms with Gasteiger partial charge in [-0.1, -0.05) is 35.3 Å². The molecule has 0 aliphatic rings. The van der Waals surface area contributed by atoms with Gasteiger partial charge < -0.3 is 15.0 Å². The van der Waals surface area contributed by atoms with E-state index >= 15 is 0 Å². The lowest BCUT2D eigenvalue weighted by atomic mass is 10.1. The van der Waals surface area contributed by atoms with Crippen LogP contribution in [0.2, 0.25) is 10.0 Å². The van der Waals surface area contributed by atoms with Gasteiger partial charge in [0, 0.05) is 23.6 Å². The van der Waals surface area contributed by atoms with E-state index in [9.17, 15) is 18.0 Å². The molecule has 0 saturated carbocycles. The number of hydrogen-bond acceptors (Lipinski definition) is 5. The molecule has 0 saturated heterocycles. The number of benzene rings is 2. The zero-order valence-corrected chi connectivity index (χ0v) is 20.5. The zero-order valence-electron chi connectivity index (χ0n) is 18.1. The third-order valence-electron chi connectivity index (χ3n) is 4.77. The summed E-state index contributed by atoms with van der Waals surface area (Å²) in [5.74, 6) is -0.738. The molecule has 0 bridgehead atoms. The van der Waals surface area contributed by atoms with Crippen LogP contribution in [0, 0.1) is 0 Å². The summed E-state index contributed by atoms with van der Waals surface area (Å²) in [7, 11) is -1.05. The Morgan fingerprint density at radius 3 is 2.22 bits per heavy atom. The number of amides is 2. The van der Waals surface area contributed by atoms with Gasteiger partial charge in [0.15, 0.2) is 0 Å². The van der Waals surface area contributed by atoms with Crippen LogP contribution in [-0.4, -0.2) is 58.1 Å². The molecule has 0 spiro atoms. The number of hydrogen-bond donors (Lipinski definition) is 1. The summed E-state index contributed by atoms with van der Waals surface area (Å²) in [6.45, 7) is 1.09. The third kappa shape index (κ3) is 6.51. The van der Waals surface area contributed by atoms with Gasteiger partial charge in [0.1, 0.15) is 18.3 Å². The van der Waals surface area contributed by atoms with Crippen LogP contribution < -0.4 is 14.4 Å². The summed E-state index contributed by atoms with van der Waals surface area (Å²) >= 11 is 12.0. The number of likely N-dealkylation sites (N-methyl/N-ethyl adjacent to an activating group) is 1. The number of sulfonamides is 1. The normalized spacial score (nSPS) is 12.1. The van der Waals surface area contributed by atoms with Gasteiger partial charge in [-0.2, -0.15) is 0 Å². The van der Waals surface area contributed by atoms with Gasteiger partial charge in [-0.15, -0.1) is 0 Å². The van der Waals surface area contributed by atoms with Crippen LogP contribution >= 0.6 is 23.2 Å². The standard InChI is InChI=1S/C21H25Cl2N3O5S/c1-14(21(28)24-2)25(12-15-5-7-16(22)8-6-15)20(27)13-26(32(4,29)30)18-11-17(23)9-10-19(18)31-3/h5-11,14H,12-13H2,1-4H3,(H,24,28). The zero-order chi connectivity index (χ0) is 24.1. The second kappa shape index (κ2) is 10.9. The highest BCUT2D eigenvalue weighted by molar-refractivity contribution is 7.92.